The number of nitrogens with zero attached hydrogens (tertiary/aromatic N) is 2. The SMILES string of the molecule is COCCN1CCN(CC(=O)N[C@H](c2ccccc2)C2CC2)C[C@@H]1C. The molecule has 2 atom stereocenters. The standard InChI is InChI=1S/C20H31N3O2/c1-16-14-22(10-11-23(16)12-13-25-2)15-19(24)21-20(18-8-9-18)17-6-4-3-5-7-17/h3-7,16,18,20H,8-15H2,1-2H3,(H,21,24)/t16-,20+/m0/s1. The average Bonchev–Trinajstić information content (AvgIpc) is 3.45. The summed E-state index contributed by atoms with van der Waals surface area (Å²) in [5.41, 5.74) is 1.23. The van der Waals surface area contributed by atoms with Crippen LogP contribution in [0, 0.1) is 5.92 Å². The van der Waals surface area contributed by atoms with E-state index in [9.17, 15) is 4.79 Å². The molecule has 3 rings (SSSR count). The maximum Gasteiger partial charge on any atom is 0.234 e. The Morgan fingerprint density at radius 2 is 2.04 bits per heavy atom. The molecular formula is C20H31N3O2. The Labute approximate surface area is 151 Å². The minimum Gasteiger partial charge on any atom is -0.383 e. The van der Waals surface area contributed by atoms with Crippen molar-refractivity contribution in [1.82, 2.24) is 15.1 Å². The Morgan fingerprint density at radius 3 is 2.68 bits per heavy atom. The Bertz CT molecular complexity index is 547. The summed E-state index contributed by atoms with van der Waals surface area (Å²) in [6.07, 6.45) is 2.43. The van der Waals surface area contributed by atoms with Gasteiger partial charge in [-0.3, -0.25) is 14.6 Å². The monoisotopic (exact) mass is 345 g/mol. The van der Waals surface area contributed by atoms with E-state index in [2.05, 4.69) is 46.3 Å². The summed E-state index contributed by atoms with van der Waals surface area (Å²) in [5, 5.41) is 3.29. The van der Waals surface area contributed by atoms with Gasteiger partial charge in [0.25, 0.3) is 0 Å². The number of methoxy groups -OCH3 is 1. The molecule has 0 spiro atoms. The van der Waals surface area contributed by atoms with Gasteiger partial charge in [-0.1, -0.05) is 30.3 Å². The zero-order valence-corrected chi connectivity index (χ0v) is 15.5. The largest absolute Gasteiger partial charge is 0.383 e. The highest BCUT2D eigenvalue weighted by atomic mass is 16.5. The fraction of sp³-hybridized carbons (Fsp3) is 0.650. The zero-order valence-electron chi connectivity index (χ0n) is 15.5. The van der Waals surface area contributed by atoms with E-state index in [-0.39, 0.29) is 11.9 Å². The summed E-state index contributed by atoms with van der Waals surface area (Å²) in [6.45, 7) is 7.36. The van der Waals surface area contributed by atoms with E-state index in [1.165, 1.54) is 18.4 Å². The molecule has 1 aromatic rings. The van der Waals surface area contributed by atoms with Crippen molar-refractivity contribution in [2.45, 2.75) is 31.8 Å². The van der Waals surface area contributed by atoms with Gasteiger partial charge in [-0.25, -0.2) is 0 Å². The molecule has 2 aliphatic rings. The van der Waals surface area contributed by atoms with E-state index in [0.29, 0.717) is 18.5 Å². The van der Waals surface area contributed by atoms with Crippen molar-refractivity contribution in [3.63, 3.8) is 0 Å². The molecule has 1 aromatic carbocycles. The molecule has 0 unspecified atom stereocenters. The number of benzene rings is 1. The number of amides is 1. The van der Waals surface area contributed by atoms with Gasteiger partial charge in [0.05, 0.1) is 19.2 Å². The number of carbonyl (C=O) groups is 1. The molecule has 1 N–H and O–H groups in total. The fourth-order valence-electron chi connectivity index (χ4n) is 3.74. The van der Waals surface area contributed by atoms with Gasteiger partial charge in [0.2, 0.25) is 5.91 Å². The lowest BCUT2D eigenvalue weighted by atomic mass is 10.0. The van der Waals surface area contributed by atoms with Crippen LogP contribution in [0.25, 0.3) is 0 Å². The van der Waals surface area contributed by atoms with Crippen LogP contribution in [0.2, 0.25) is 0 Å². The number of hydrogen-bond donors (Lipinski definition) is 1. The van der Waals surface area contributed by atoms with E-state index in [4.69, 9.17) is 4.74 Å². The molecule has 1 saturated carbocycles. The van der Waals surface area contributed by atoms with Crippen molar-refractivity contribution >= 4 is 5.91 Å². The highest BCUT2D eigenvalue weighted by Crippen LogP contribution is 2.40. The Kier molecular flexibility index (Phi) is 6.45. The van der Waals surface area contributed by atoms with E-state index < -0.39 is 0 Å². The van der Waals surface area contributed by atoms with Crippen molar-refractivity contribution in [2.24, 2.45) is 5.92 Å². The first-order chi connectivity index (χ1) is 12.2. The highest BCUT2D eigenvalue weighted by molar-refractivity contribution is 5.78. The van der Waals surface area contributed by atoms with Crippen molar-refractivity contribution < 1.29 is 9.53 Å². The predicted octanol–water partition coefficient (Wildman–Crippen LogP) is 1.91. The lowest BCUT2D eigenvalue weighted by molar-refractivity contribution is -0.123. The summed E-state index contributed by atoms with van der Waals surface area (Å²) >= 11 is 0. The van der Waals surface area contributed by atoms with Crippen molar-refractivity contribution in [3.05, 3.63) is 35.9 Å². The Morgan fingerprint density at radius 1 is 1.28 bits per heavy atom. The first kappa shape index (κ1) is 18.4. The Hall–Kier alpha value is -1.43. The van der Waals surface area contributed by atoms with Gasteiger partial charge >= 0.3 is 0 Å². The summed E-state index contributed by atoms with van der Waals surface area (Å²) in [6, 6.07) is 11.0. The van der Waals surface area contributed by atoms with Crippen LogP contribution < -0.4 is 5.32 Å². The van der Waals surface area contributed by atoms with Crippen LogP contribution >= 0.6 is 0 Å². The number of nitrogens with one attached hydrogen (secondary N) is 1. The van der Waals surface area contributed by atoms with Crippen LogP contribution in [0.4, 0.5) is 0 Å². The molecule has 1 heterocycles. The van der Waals surface area contributed by atoms with Gasteiger partial charge in [0.1, 0.15) is 0 Å². The van der Waals surface area contributed by atoms with E-state index >= 15 is 0 Å². The van der Waals surface area contributed by atoms with E-state index in [1.807, 2.05) is 6.07 Å². The van der Waals surface area contributed by atoms with Gasteiger partial charge < -0.3 is 10.1 Å². The molecule has 138 valence electrons. The summed E-state index contributed by atoms with van der Waals surface area (Å²) < 4.78 is 5.18. The van der Waals surface area contributed by atoms with Crippen molar-refractivity contribution in [1.29, 1.82) is 0 Å². The third kappa shape index (κ3) is 5.27. The van der Waals surface area contributed by atoms with Gasteiger partial charge in [-0.05, 0) is 31.2 Å². The quantitative estimate of drug-likeness (QED) is 0.782. The lowest BCUT2D eigenvalue weighted by Crippen LogP contribution is -2.54. The molecule has 5 heteroatoms. The molecule has 1 aliphatic carbocycles. The second-order valence-electron chi connectivity index (χ2n) is 7.41. The molecule has 5 nitrogen and oxygen atoms in total. The molecule has 2 fully saturated rings. The third-order valence-electron chi connectivity index (χ3n) is 5.37. The normalized spacial score (nSPS) is 23.4. The Balaban J connectivity index is 1.49. The molecule has 0 bridgehead atoms. The molecular weight excluding hydrogens is 314 g/mol. The van der Waals surface area contributed by atoms with E-state index in [1.54, 1.807) is 7.11 Å². The van der Waals surface area contributed by atoms with Crippen molar-refractivity contribution in [3.8, 4) is 0 Å². The number of ether oxygens (including phenoxy) is 1. The van der Waals surface area contributed by atoms with Crippen LogP contribution in [-0.4, -0.2) is 68.2 Å². The van der Waals surface area contributed by atoms with Gasteiger partial charge in [-0.15, -0.1) is 0 Å². The van der Waals surface area contributed by atoms with Crippen molar-refractivity contribution in [2.75, 3.05) is 46.4 Å². The first-order valence-corrected chi connectivity index (χ1v) is 9.47. The maximum atomic E-state index is 12.6. The number of rotatable bonds is 8. The van der Waals surface area contributed by atoms with Crippen LogP contribution in [0.3, 0.4) is 0 Å². The van der Waals surface area contributed by atoms with Crippen LogP contribution in [0.5, 0.6) is 0 Å². The zero-order chi connectivity index (χ0) is 17.6. The topological polar surface area (TPSA) is 44.8 Å². The molecule has 1 saturated heterocycles. The summed E-state index contributed by atoms with van der Waals surface area (Å²) in [7, 11) is 1.74. The molecule has 1 aliphatic heterocycles. The van der Waals surface area contributed by atoms with E-state index in [0.717, 1.165) is 32.8 Å². The molecule has 0 radical (unpaired) electrons. The number of carbonyl (C=O) groups excluding carboxylic acids is 1. The second kappa shape index (κ2) is 8.79. The second-order valence-corrected chi connectivity index (χ2v) is 7.41. The minimum absolute atomic E-state index is 0.151. The first-order valence-electron chi connectivity index (χ1n) is 9.47. The molecule has 25 heavy (non-hydrogen) atoms. The number of piperazine rings is 1. The fourth-order valence-corrected chi connectivity index (χ4v) is 3.74. The summed E-state index contributed by atoms with van der Waals surface area (Å²) in [4.78, 5) is 17.3. The predicted molar refractivity (Wildman–Crippen MR) is 99.4 cm³/mol. The smallest absolute Gasteiger partial charge is 0.234 e. The maximum absolute atomic E-state index is 12.6. The highest BCUT2D eigenvalue weighted by Gasteiger charge is 2.34. The molecule has 0 aromatic heterocycles. The van der Waals surface area contributed by atoms with Gasteiger partial charge in [0, 0.05) is 39.3 Å². The summed E-state index contributed by atoms with van der Waals surface area (Å²) in [5.74, 6) is 0.759. The average molecular weight is 345 g/mol. The van der Waals surface area contributed by atoms with Crippen LogP contribution in [0.15, 0.2) is 30.3 Å². The van der Waals surface area contributed by atoms with Gasteiger partial charge in [0.15, 0.2) is 0 Å². The minimum atomic E-state index is 0.151. The number of hydrogen-bond acceptors (Lipinski definition) is 4. The lowest BCUT2D eigenvalue weighted by Gasteiger charge is -2.39. The third-order valence-corrected chi connectivity index (χ3v) is 5.37. The van der Waals surface area contributed by atoms with Crippen LogP contribution in [0.1, 0.15) is 31.4 Å². The van der Waals surface area contributed by atoms with Crippen LogP contribution in [-0.2, 0) is 9.53 Å². The van der Waals surface area contributed by atoms with Gasteiger partial charge in [-0.2, -0.15) is 0 Å². The molecule has 1 amide bonds.